The predicted molar refractivity (Wildman–Crippen MR) is 107 cm³/mol. The number of likely N-dealkylation sites (tertiary alicyclic amines) is 1. The second-order valence-corrected chi connectivity index (χ2v) is 7.03. The maximum absolute atomic E-state index is 12.3. The van der Waals surface area contributed by atoms with Crippen LogP contribution in [0, 0.1) is 0 Å². The third-order valence-electron chi connectivity index (χ3n) is 4.51. The van der Waals surface area contributed by atoms with Crippen LogP contribution in [0.5, 0.6) is 0 Å². The van der Waals surface area contributed by atoms with Gasteiger partial charge in [-0.15, -0.1) is 36.2 Å². The van der Waals surface area contributed by atoms with Gasteiger partial charge in [0.25, 0.3) is 0 Å². The fourth-order valence-electron chi connectivity index (χ4n) is 3.03. The maximum Gasteiger partial charge on any atom is 0.225 e. The van der Waals surface area contributed by atoms with Crippen LogP contribution in [0.25, 0.3) is 10.2 Å². The zero-order chi connectivity index (χ0) is 16.2. The van der Waals surface area contributed by atoms with Gasteiger partial charge in [-0.2, -0.15) is 0 Å². The van der Waals surface area contributed by atoms with E-state index in [9.17, 15) is 4.79 Å². The third kappa shape index (κ3) is 5.28. The summed E-state index contributed by atoms with van der Waals surface area (Å²) in [4.78, 5) is 19.0. The number of methoxy groups -OCH3 is 1. The minimum absolute atomic E-state index is 0. The van der Waals surface area contributed by atoms with Crippen molar-refractivity contribution in [3.63, 3.8) is 0 Å². The number of piperidine rings is 1. The first-order valence-corrected chi connectivity index (χ1v) is 8.89. The van der Waals surface area contributed by atoms with E-state index in [1.165, 1.54) is 9.71 Å². The molecule has 1 aromatic carbocycles. The van der Waals surface area contributed by atoms with Gasteiger partial charge >= 0.3 is 0 Å². The summed E-state index contributed by atoms with van der Waals surface area (Å²) in [5, 5.41) is 1.20. The lowest BCUT2D eigenvalue weighted by atomic mass is 9.97. The van der Waals surface area contributed by atoms with Crippen LogP contribution in [0.15, 0.2) is 24.3 Å². The van der Waals surface area contributed by atoms with Crippen LogP contribution in [0.1, 0.15) is 30.2 Å². The summed E-state index contributed by atoms with van der Waals surface area (Å²) < 4.78 is 6.45. The highest BCUT2D eigenvalue weighted by molar-refractivity contribution is 7.18. The Morgan fingerprint density at radius 1 is 1.36 bits per heavy atom. The quantitative estimate of drug-likeness (QED) is 0.828. The summed E-state index contributed by atoms with van der Waals surface area (Å²) in [6, 6.07) is 8.25. The Morgan fingerprint density at radius 2 is 2.04 bits per heavy atom. The van der Waals surface area contributed by atoms with E-state index in [1.54, 1.807) is 18.4 Å². The number of benzene rings is 1. The van der Waals surface area contributed by atoms with Crippen molar-refractivity contribution in [2.45, 2.75) is 31.3 Å². The van der Waals surface area contributed by atoms with Gasteiger partial charge in [0.05, 0.1) is 27.7 Å². The van der Waals surface area contributed by atoms with Crippen molar-refractivity contribution in [2.75, 3.05) is 26.7 Å². The molecule has 1 fully saturated rings. The first-order valence-electron chi connectivity index (χ1n) is 8.07. The average molecular weight is 406 g/mol. The second-order valence-electron chi connectivity index (χ2n) is 5.97. The van der Waals surface area contributed by atoms with E-state index in [4.69, 9.17) is 15.5 Å². The smallest absolute Gasteiger partial charge is 0.225 e. The highest BCUT2D eigenvalue weighted by atomic mass is 35.5. The summed E-state index contributed by atoms with van der Waals surface area (Å²) >= 11 is 1.78. The molecule has 2 N–H and O–H groups in total. The summed E-state index contributed by atoms with van der Waals surface area (Å²) in [5.74, 6) is 0.606. The van der Waals surface area contributed by atoms with Crippen LogP contribution in [0.2, 0.25) is 0 Å². The van der Waals surface area contributed by atoms with E-state index in [-0.39, 0.29) is 36.8 Å². The summed E-state index contributed by atoms with van der Waals surface area (Å²) in [6.07, 6.45) is 2.15. The zero-order valence-corrected chi connectivity index (χ0v) is 16.7. The molecule has 1 amide bonds. The Balaban J connectivity index is 0.00000156. The molecular formula is C17H25Cl2N3O2S. The molecule has 8 heteroatoms. The van der Waals surface area contributed by atoms with Gasteiger partial charge in [0.2, 0.25) is 5.91 Å². The molecule has 1 aromatic heterocycles. The number of aromatic nitrogens is 1. The highest BCUT2D eigenvalue weighted by Gasteiger charge is 2.26. The Hall–Kier alpha value is -0.920. The third-order valence-corrected chi connectivity index (χ3v) is 5.70. The van der Waals surface area contributed by atoms with E-state index in [1.807, 2.05) is 11.0 Å². The molecular weight excluding hydrogens is 381 g/mol. The number of hydrogen-bond donors (Lipinski definition) is 1. The van der Waals surface area contributed by atoms with Crippen LogP contribution in [0.3, 0.4) is 0 Å². The van der Waals surface area contributed by atoms with Gasteiger partial charge in [-0.1, -0.05) is 12.1 Å². The van der Waals surface area contributed by atoms with Crippen molar-refractivity contribution >= 4 is 52.3 Å². The van der Waals surface area contributed by atoms with Gasteiger partial charge in [0.1, 0.15) is 0 Å². The van der Waals surface area contributed by atoms with Crippen LogP contribution >= 0.6 is 36.2 Å². The number of hydrogen-bond acceptors (Lipinski definition) is 5. The molecule has 0 spiro atoms. The maximum atomic E-state index is 12.3. The predicted octanol–water partition coefficient (Wildman–Crippen LogP) is 3.21. The number of fused-ring (bicyclic) bond motifs is 1. The lowest BCUT2D eigenvalue weighted by molar-refractivity contribution is -0.134. The summed E-state index contributed by atoms with van der Waals surface area (Å²) in [7, 11) is 1.60. The van der Waals surface area contributed by atoms with Gasteiger partial charge in [-0.3, -0.25) is 4.79 Å². The highest BCUT2D eigenvalue weighted by Crippen LogP contribution is 2.33. The lowest BCUT2D eigenvalue weighted by Gasteiger charge is -2.32. The van der Waals surface area contributed by atoms with E-state index < -0.39 is 0 Å². The number of nitrogens with two attached hydrogens (primary N) is 1. The molecule has 0 aliphatic carbocycles. The zero-order valence-electron chi connectivity index (χ0n) is 14.2. The van der Waals surface area contributed by atoms with Crippen molar-refractivity contribution in [1.29, 1.82) is 0 Å². The van der Waals surface area contributed by atoms with Crippen LogP contribution in [0.4, 0.5) is 0 Å². The van der Waals surface area contributed by atoms with Gasteiger partial charge < -0.3 is 15.4 Å². The number of halogens is 2. The van der Waals surface area contributed by atoms with Crippen LogP contribution < -0.4 is 5.73 Å². The molecule has 1 saturated heterocycles. The minimum atomic E-state index is -0.176. The molecule has 1 unspecified atom stereocenters. The number of carbonyl (C=O) groups excluding carboxylic acids is 1. The summed E-state index contributed by atoms with van der Waals surface area (Å²) in [6.45, 7) is 1.96. The van der Waals surface area contributed by atoms with Crippen molar-refractivity contribution < 1.29 is 9.53 Å². The standard InChI is InChI=1S/C17H23N3O2S.2ClH/c1-22-13(11-18)10-16(21)20-8-6-12(7-9-20)17-19-14-4-2-3-5-15(14)23-17;;/h2-5,12-13H,6-11,18H2,1H3;2*1H. The van der Waals surface area contributed by atoms with E-state index in [2.05, 4.69) is 18.2 Å². The number of ether oxygens (including phenoxy) is 1. The molecule has 1 aliphatic heterocycles. The number of thiazole rings is 1. The Kier molecular flexibility index (Phi) is 9.10. The van der Waals surface area contributed by atoms with Crippen LogP contribution in [-0.4, -0.2) is 48.6 Å². The molecule has 0 bridgehead atoms. The normalized spacial score (nSPS) is 16.2. The van der Waals surface area contributed by atoms with Gasteiger partial charge in [-0.05, 0) is 25.0 Å². The SMILES string of the molecule is COC(CN)CC(=O)N1CCC(c2nc3ccccc3s2)CC1.Cl.Cl. The average Bonchev–Trinajstić information content (AvgIpc) is 3.03. The number of rotatable bonds is 5. The van der Waals surface area contributed by atoms with Crippen molar-refractivity contribution in [1.82, 2.24) is 9.88 Å². The molecule has 0 saturated carbocycles. The van der Waals surface area contributed by atoms with E-state index in [0.29, 0.717) is 18.9 Å². The minimum Gasteiger partial charge on any atom is -0.380 e. The van der Waals surface area contributed by atoms with E-state index >= 15 is 0 Å². The molecule has 2 aromatic rings. The molecule has 0 radical (unpaired) electrons. The first-order chi connectivity index (χ1) is 11.2. The molecule has 5 nitrogen and oxygen atoms in total. The number of para-hydroxylation sites is 1. The van der Waals surface area contributed by atoms with Crippen molar-refractivity contribution in [2.24, 2.45) is 5.73 Å². The lowest BCUT2D eigenvalue weighted by Crippen LogP contribution is -2.40. The first kappa shape index (κ1) is 22.1. The van der Waals surface area contributed by atoms with Crippen molar-refractivity contribution in [3.05, 3.63) is 29.3 Å². The monoisotopic (exact) mass is 405 g/mol. The number of nitrogens with zero attached hydrogens (tertiary/aromatic N) is 2. The van der Waals surface area contributed by atoms with Gasteiger partial charge in [0, 0.05) is 32.7 Å². The van der Waals surface area contributed by atoms with Crippen molar-refractivity contribution in [3.8, 4) is 0 Å². The largest absolute Gasteiger partial charge is 0.380 e. The fraction of sp³-hybridized carbons (Fsp3) is 0.529. The molecule has 1 aliphatic rings. The Bertz CT molecular complexity index is 638. The summed E-state index contributed by atoms with van der Waals surface area (Å²) in [5.41, 5.74) is 6.67. The number of amides is 1. The molecule has 3 rings (SSSR count). The fourth-order valence-corrected chi connectivity index (χ4v) is 4.16. The molecule has 25 heavy (non-hydrogen) atoms. The molecule has 140 valence electrons. The number of carbonyl (C=O) groups is 1. The van der Waals surface area contributed by atoms with Gasteiger partial charge in [0.15, 0.2) is 0 Å². The molecule has 2 heterocycles. The second kappa shape index (κ2) is 10.3. The Labute approximate surface area is 164 Å². The van der Waals surface area contributed by atoms with Gasteiger partial charge in [-0.25, -0.2) is 4.98 Å². The van der Waals surface area contributed by atoms with Crippen LogP contribution in [-0.2, 0) is 9.53 Å². The Morgan fingerprint density at radius 3 is 2.64 bits per heavy atom. The molecule has 1 atom stereocenters. The topological polar surface area (TPSA) is 68.5 Å². The van der Waals surface area contributed by atoms with E-state index in [0.717, 1.165) is 31.4 Å².